The van der Waals surface area contributed by atoms with Crippen LogP contribution < -0.4 is 0 Å². The molecule has 1 fully saturated rings. The highest BCUT2D eigenvalue weighted by Crippen LogP contribution is 2.28. The Labute approximate surface area is 179 Å². The van der Waals surface area contributed by atoms with E-state index >= 15 is 0 Å². The van der Waals surface area contributed by atoms with Gasteiger partial charge in [0.15, 0.2) is 0 Å². The molecule has 0 bridgehead atoms. The van der Waals surface area contributed by atoms with Gasteiger partial charge in [-0.3, -0.25) is 4.90 Å². The Morgan fingerprint density at radius 1 is 1.03 bits per heavy atom. The maximum Gasteiger partial charge on any atom is 0.247 e. The molecule has 1 atom stereocenters. The van der Waals surface area contributed by atoms with Gasteiger partial charge in [0, 0.05) is 18.7 Å². The normalized spacial score (nSPS) is 16.8. The summed E-state index contributed by atoms with van der Waals surface area (Å²) in [4.78, 5) is 4.92. The SMILES string of the molecule is Cc1ccc(-c2nnc(C(C)N3CCC(CN(C)Cc4ccccc4)CC3)o2)cc1. The topological polar surface area (TPSA) is 45.4 Å². The molecule has 0 saturated carbocycles. The first-order valence-corrected chi connectivity index (χ1v) is 11.0. The fourth-order valence-corrected chi connectivity index (χ4v) is 4.30. The Morgan fingerprint density at radius 3 is 2.43 bits per heavy atom. The Balaban J connectivity index is 1.28. The molecule has 1 aliphatic rings. The number of rotatable bonds is 7. The molecule has 5 nitrogen and oxygen atoms in total. The largest absolute Gasteiger partial charge is 0.419 e. The highest BCUT2D eigenvalue weighted by Gasteiger charge is 2.27. The summed E-state index contributed by atoms with van der Waals surface area (Å²) in [6.07, 6.45) is 2.42. The van der Waals surface area contributed by atoms with Gasteiger partial charge < -0.3 is 9.32 Å². The van der Waals surface area contributed by atoms with Crippen LogP contribution in [0.5, 0.6) is 0 Å². The van der Waals surface area contributed by atoms with Gasteiger partial charge in [-0.25, -0.2) is 0 Å². The first-order valence-electron chi connectivity index (χ1n) is 11.0. The summed E-state index contributed by atoms with van der Waals surface area (Å²) in [5.41, 5.74) is 3.59. The van der Waals surface area contributed by atoms with Crippen molar-refractivity contribution in [3.8, 4) is 11.5 Å². The van der Waals surface area contributed by atoms with Crippen molar-refractivity contribution in [1.29, 1.82) is 0 Å². The van der Waals surface area contributed by atoms with Crippen LogP contribution in [-0.2, 0) is 6.54 Å². The lowest BCUT2D eigenvalue weighted by Crippen LogP contribution is -2.39. The van der Waals surface area contributed by atoms with E-state index in [2.05, 4.69) is 83.4 Å². The molecule has 1 unspecified atom stereocenters. The molecule has 2 aromatic carbocycles. The molecule has 158 valence electrons. The maximum atomic E-state index is 6.01. The molecule has 4 rings (SSSR count). The third-order valence-corrected chi connectivity index (χ3v) is 6.16. The lowest BCUT2D eigenvalue weighted by Gasteiger charge is -2.36. The predicted molar refractivity (Wildman–Crippen MR) is 120 cm³/mol. The van der Waals surface area contributed by atoms with Crippen LogP contribution in [0.1, 0.15) is 42.8 Å². The Morgan fingerprint density at radius 2 is 1.73 bits per heavy atom. The first-order chi connectivity index (χ1) is 14.6. The van der Waals surface area contributed by atoms with Gasteiger partial charge in [-0.1, -0.05) is 48.0 Å². The molecule has 1 aromatic heterocycles. The van der Waals surface area contributed by atoms with E-state index in [-0.39, 0.29) is 6.04 Å². The first kappa shape index (κ1) is 20.8. The van der Waals surface area contributed by atoms with Crippen LogP contribution in [0.3, 0.4) is 0 Å². The minimum absolute atomic E-state index is 0.152. The van der Waals surface area contributed by atoms with Gasteiger partial charge >= 0.3 is 0 Å². The second-order valence-corrected chi connectivity index (χ2v) is 8.65. The van der Waals surface area contributed by atoms with Crippen molar-refractivity contribution in [2.75, 3.05) is 26.7 Å². The lowest BCUT2D eigenvalue weighted by molar-refractivity contribution is 0.109. The number of aromatic nitrogens is 2. The Hall–Kier alpha value is -2.50. The van der Waals surface area contributed by atoms with Crippen LogP contribution in [0.2, 0.25) is 0 Å². The zero-order valence-electron chi connectivity index (χ0n) is 18.3. The molecule has 5 heteroatoms. The maximum absolute atomic E-state index is 6.01. The summed E-state index contributed by atoms with van der Waals surface area (Å²) in [5.74, 6) is 2.06. The van der Waals surface area contributed by atoms with Crippen LogP contribution in [0.15, 0.2) is 59.0 Å². The molecule has 2 heterocycles. The van der Waals surface area contributed by atoms with Crippen molar-refractivity contribution in [3.63, 3.8) is 0 Å². The number of nitrogens with zero attached hydrogens (tertiary/aromatic N) is 4. The van der Waals surface area contributed by atoms with Crippen LogP contribution in [0.25, 0.3) is 11.5 Å². The summed E-state index contributed by atoms with van der Waals surface area (Å²) in [6, 6.07) is 19.1. The van der Waals surface area contributed by atoms with Gasteiger partial charge in [-0.2, -0.15) is 0 Å². The van der Waals surface area contributed by atoms with Crippen molar-refractivity contribution in [3.05, 3.63) is 71.6 Å². The molecule has 0 spiro atoms. The standard InChI is InChI=1S/C25H32N4O/c1-19-9-11-23(12-10-19)25-27-26-24(30-25)20(2)29-15-13-22(14-16-29)18-28(3)17-21-7-5-4-6-8-21/h4-12,20,22H,13-18H2,1-3H3. The average molecular weight is 405 g/mol. The van der Waals surface area contributed by atoms with E-state index in [1.165, 1.54) is 24.0 Å². The van der Waals surface area contributed by atoms with Crippen LogP contribution in [0, 0.1) is 12.8 Å². The highest BCUT2D eigenvalue weighted by molar-refractivity contribution is 5.52. The van der Waals surface area contributed by atoms with E-state index in [1.54, 1.807) is 0 Å². The predicted octanol–water partition coefficient (Wildman–Crippen LogP) is 4.95. The molecule has 0 aliphatic carbocycles. The van der Waals surface area contributed by atoms with Crippen LogP contribution >= 0.6 is 0 Å². The van der Waals surface area contributed by atoms with E-state index in [0.29, 0.717) is 11.8 Å². The van der Waals surface area contributed by atoms with Crippen LogP contribution in [-0.4, -0.2) is 46.7 Å². The van der Waals surface area contributed by atoms with E-state index in [1.807, 2.05) is 12.1 Å². The number of likely N-dealkylation sites (tertiary alicyclic amines) is 1. The van der Waals surface area contributed by atoms with Gasteiger partial charge in [-0.05, 0) is 70.4 Å². The van der Waals surface area contributed by atoms with Gasteiger partial charge in [-0.15, -0.1) is 10.2 Å². The molecule has 3 aromatic rings. The van der Waals surface area contributed by atoms with E-state index in [9.17, 15) is 0 Å². The van der Waals surface area contributed by atoms with Crippen molar-refractivity contribution in [2.24, 2.45) is 5.92 Å². The number of benzene rings is 2. The van der Waals surface area contributed by atoms with E-state index in [4.69, 9.17) is 4.42 Å². The quantitative estimate of drug-likeness (QED) is 0.557. The molecule has 0 radical (unpaired) electrons. The summed E-state index contributed by atoms with van der Waals surface area (Å²) in [5, 5.41) is 8.61. The van der Waals surface area contributed by atoms with Crippen molar-refractivity contribution >= 4 is 0 Å². The molecular formula is C25H32N4O. The van der Waals surface area contributed by atoms with Crippen molar-refractivity contribution < 1.29 is 4.42 Å². The summed E-state index contributed by atoms with van der Waals surface area (Å²) < 4.78 is 6.01. The fourth-order valence-electron chi connectivity index (χ4n) is 4.30. The molecule has 1 saturated heterocycles. The minimum Gasteiger partial charge on any atom is -0.419 e. The minimum atomic E-state index is 0.152. The Kier molecular flexibility index (Phi) is 6.60. The number of aryl methyl sites for hydroxylation is 1. The van der Waals surface area contributed by atoms with Crippen LogP contribution in [0.4, 0.5) is 0 Å². The molecule has 30 heavy (non-hydrogen) atoms. The van der Waals surface area contributed by atoms with Gasteiger partial charge in [0.2, 0.25) is 11.8 Å². The second-order valence-electron chi connectivity index (χ2n) is 8.65. The molecule has 1 aliphatic heterocycles. The van der Waals surface area contributed by atoms with E-state index in [0.717, 1.165) is 37.7 Å². The molecule has 0 amide bonds. The zero-order chi connectivity index (χ0) is 20.9. The van der Waals surface area contributed by atoms with E-state index < -0.39 is 0 Å². The highest BCUT2D eigenvalue weighted by atomic mass is 16.4. The summed E-state index contributed by atoms with van der Waals surface area (Å²) in [7, 11) is 2.23. The summed E-state index contributed by atoms with van der Waals surface area (Å²) >= 11 is 0. The number of piperidine rings is 1. The Bertz CT molecular complexity index is 914. The third-order valence-electron chi connectivity index (χ3n) is 6.16. The monoisotopic (exact) mass is 404 g/mol. The number of hydrogen-bond acceptors (Lipinski definition) is 5. The average Bonchev–Trinajstić information content (AvgIpc) is 3.25. The van der Waals surface area contributed by atoms with Gasteiger partial charge in [0.25, 0.3) is 0 Å². The molecule has 0 N–H and O–H groups in total. The zero-order valence-corrected chi connectivity index (χ0v) is 18.3. The van der Waals surface area contributed by atoms with Gasteiger partial charge in [0.1, 0.15) is 0 Å². The van der Waals surface area contributed by atoms with Crippen molar-refractivity contribution in [2.45, 2.75) is 39.3 Å². The smallest absolute Gasteiger partial charge is 0.247 e. The van der Waals surface area contributed by atoms with Crippen molar-refractivity contribution in [1.82, 2.24) is 20.0 Å². The lowest BCUT2D eigenvalue weighted by atomic mass is 9.95. The van der Waals surface area contributed by atoms with Gasteiger partial charge in [0.05, 0.1) is 6.04 Å². The fraction of sp³-hybridized carbons (Fsp3) is 0.440. The number of hydrogen-bond donors (Lipinski definition) is 0. The molecular weight excluding hydrogens is 372 g/mol. The second kappa shape index (κ2) is 9.54. The third kappa shape index (κ3) is 5.15. The summed E-state index contributed by atoms with van der Waals surface area (Å²) in [6.45, 7) is 8.57.